The molecule has 0 aromatic heterocycles. The average Bonchev–Trinajstić information content (AvgIpc) is 2.81. The Morgan fingerprint density at radius 3 is 2.28 bits per heavy atom. The zero-order valence-electron chi connectivity index (χ0n) is 21.4. The van der Waals surface area contributed by atoms with Crippen molar-refractivity contribution >= 4 is 36.2 Å². The van der Waals surface area contributed by atoms with E-state index < -0.39 is 35.6 Å². The maximum Gasteiger partial charge on any atom is 0.408 e. The Kier molecular flexibility index (Phi) is 9.82. The molecule has 0 aliphatic carbocycles. The lowest BCUT2D eigenvalue weighted by Crippen LogP contribution is -2.51. The van der Waals surface area contributed by atoms with E-state index in [-0.39, 0.29) is 5.75 Å². The number of nitrogens with zero attached hydrogens (tertiary/aromatic N) is 1. The van der Waals surface area contributed by atoms with Crippen LogP contribution in [-0.4, -0.2) is 47.3 Å². The summed E-state index contributed by atoms with van der Waals surface area (Å²) in [6.45, 7) is 8.83. The third-order valence-electron chi connectivity index (χ3n) is 5.14. The van der Waals surface area contributed by atoms with Crippen LogP contribution >= 0.6 is 12.6 Å². The molecule has 0 aliphatic heterocycles. The minimum Gasteiger partial charge on any atom is -0.497 e. The van der Waals surface area contributed by atoms with Crippen molar-refractivity contribution in [2.75, 3.05) is 18.2 Å². The number of methoxy groups -OCH3 is 1. The molecular formula is C27H33N3O5S. The molecule has 0 heterocycles. The van der Waals surface area contributed by atoms with Gasteiger partial charge in [-0.25, -0.2) is 4.79 Å². The Hall–Kier alpha value is -3.64. The van der Waals surface area contributed by atoms with E-state index in [1.54, 1.807) is 52.1 Å². The zero-order valence-corrected chi connectivity index (χ0v) is 22.3. The molecule has 192 valence electrons. The Morgan fingerprint density at radius 1 is 1.11 bits per heavy atom. The predicted octanol–water partition coefficient (Wildman–Crippen LogP) is 4.23. The maximum atomic E-state index is 13.6. The van der Waals surface area contributed by atoms with Gasteiger partial charge in [0.1, 0.15) is 23.4 Å². The van der Waals surface area contributed by atoms with Crippen LogP contribution in [0.2, 0.25) is 0 Å². The fourth-order valence-electron chi connectivity index (χ4n) is 3.41. The molecule has 2 rings (SSSR count). The van der Waals surface area contributed by atoms with Crippen LogP contribution in [0.3, 0.4) is 0 Å². The first-order valence-corrected chi connectivity index (χ1v) is 11.9. The summed E-state index contributed by atoms with van der Waals surface area (Å²) < 4.78 is 10.4. The molecule has 2 unspecified atom stereocenters. The molecule has 0 aliphatic rings. The van der Waals surface area contributed by atoms with Crippen LogP contribution < -0.4 is 15.4 Å². The van der Waals surface area contributed by atoms with Gasteiger partial charge in [-0.05, 0) is 70.0 Å². The lowest BCUT2D eigenvalue weighted by molar-refractivity contribution is -0.136. The SMILES string of the molecule is C#CN(C(=O)C(CS)NC(=O)OC(C)(C)C)C(C(=O)Nc1ccc(OC)cc1)c1cc(C)ccc1C. The number of terminal acetylenes is 1. The molecule has 2 N–H and O–H groups in total. The minimum atomic E-state index is -1.17. The molecule has 0 saturated heterocycles. The number of thiol groups is 1. The number of nitrogens with one attached hydrogen (secondary N) is 2. The third-order valence-corrected chi connectivity index (χ3v) is 5.51. The second kappa shape index (κ2) is 12.4. The van der Waals surface area contributed by atoms with E-state index in [0.717, 1.165) is 16.0 Å². The van der Waals surface area contributed by atoms with Gasteiger partial charge in [-0.1, -0.05) is 30.2 Å². The first kappa shape index (κ1) is 28.6. The molecule has 9 heteroatoms. The van der Waals surface area contributed by atoms with Crippen LogP contribution in [0.4, 0.5) is 10.5 Å². The van der Waals surface area contributed by atoms with Gasteiger partial charge in [-0.15, -0.1) is 0 Å². The standard InChI is InChI=1S/C27H33N3O5S/c1-8-30(25(32)22(16-36)29-26(33)35-27(4,5)6)23(21-15-17(2)9-10-18(21)3)24(31)28-19-11-13-20(34-7)14-12-19/h1,9-15,22-23,36H,16H2,2-7H3,(H,28,31)(H,29,33). The van der Waals surface area contributed by atoms with Crippen molar-refractivity contribution in [2.45, 2.75) is 52.3 Å². The van der Waals surface area contributed by atoms with E-state index in [1.165, 1.54) is 0 Å². The maximum absolute atomic E-state index is 13.6. The van der Waals surface area contributed by atoms with Gasteiger partial charge < -0.3 is 20.1 Å². The van der Waals surface area contributed by atoms with Crippen LogP contribution in [0.1, 0.15) is 43.5 Å². The summed E-state index contributed by atoms with van der Waals surface area (Å²) in [6, 6.07) is 12.4. The smallest absolute Gasteiger partial charge is 0.408 e. The fraction of sp³-hybridized carbons (Fsp3) is 0.370. The van der Waals surface area contributed by atoms with Crippen molar-refractivity contribution in [1.29, 1.82) is 0 Å². The Balaban J connectivity index is 2.45. The van der Waals surface area contributed by atoms with Gasteiger partial charge in [0, 0.05) is 17.5 Å². The number of hydrogen-bond acceptors (Lipinski definition) is 6. The lowest BCUT2D eigenvalue weighted by Gasteiger charge is -2.30. The number of carbonyl (C=O) groups is 3. The lowest BCUT2D eigenvalue weighted by atomic mass is 9.96. The highest BCUT2D eigenvalue weighted by Crippen LogP contribution is 2.28. The van der Waals surface area contributed by atoms with Gasteiger partial charge >= 0.3 is 6.09 Å². The van der Waals surface area contributed by atoms with E-state index in [9.17, 15) is 14.4 Å². The minimum absolute atomic E-state index is 0.0596. The van der Waals surface area contributed by atoms with Crippen LogP contribution in [0.5, 0.6) is 5.75 Å². The summed E-state index contributed by atoms with van der Waals surface area (Å²) in [5.74, 6) is -0.621. The van der Waals surface area contributed by atoms with Crippen molar-refractivity contribution < 1.29 is 23.9 Å². The monoisotopic (exact) mass is 511 g/mol. The highest BCUT2D eigenvalue weighted by molar-refractivity contribution is 7.80. The predicted molar refractivity (Wildman–Crippen MR) is 143 cm³/mol. The van der Waals surface area contributed by atoms with E-state index in [0.29, 0.717) is 17.0 Å². The first-order chi connectivity index (χ1) is 16.9. The van der Waals surface area contributed by atoms with Crippen molar-refractivity contribution in [3.63, 3.8) is 0 Å². The molecule has 0 radical (unpaired) electrons. The van der Waals surface area contributed by atoms with Gasteiger partial charge in [-0.3, -0.25) is 14.5 Å². The number of ether oxygens (including phenoxy) is 2. The number of aryl methyl sites for hydroxylation is 2. The van der Waals surface area contributed by atoms with Gasteiger partial charge in [0.2, 0.25) is 0 Å². The molecule has 3 amide bonds. The molecule has 0 spiro atoms. The molecule has 8 nitrogen and oxygen atoms in total. The Morgan fingerprint density at radius 2 is 1.75 bits per heavy atom. The van der Waals surface area contributed by atoms with E-state index in [2.05, 4.69) is 29.3 Å². The van der Waals surface area contributed by atoms with Crippen LogP contribution in [0, 0.1) is 26.3 Å². The number of benzene rings is 2. The fourth-order valence-corrected chi connectivity index (χ4v) is 3.65. The number of anilines is 1. The molecular weight excluding hydrogens is 478 g/mol. The number of carbonyl (C=O) groups excluding carboxylic acids is 3. The summed E-state index contributed by atoms with van der Waals surface area (Å²) in [4.78, 5) is 40.4. The number of alkyl carbamates (subject to hydrolysis) is 1. The molecule has 0 saturated carbocycles. The first-order valence-electron chi connectivity index (χ1n) is 11.3. The zero-order chi connectivity index (χ0) is 27.0. The Labute approximate surface area is 218 Å². The van der Waals surface area contributed by atoms with Crippen LogP contribution in [-0.2, 0) is 14.3 Å². The molecule has 0 bridgehead atoms. The van der Waals surface area contributed by atoms with Crippen molar-refractivity contribution in [3.05, 3.63) is 59.2 Å². The molecule has 2 aromatic rings. The van der Waals surface area contributed by atoms with Gasteiger partial charge in [0.05, 0.1) is 7.11 Å². The van der Waals surface area contributed by atoms with Crippen LogP contribution in [0.25, 0.3) is 0 Å². The van der Waals surface area contributed by atoms with E-state index in [4.69, 9.17) is 15.9 Å². The summed E-state index contributed by atoms with van der Waals surface area (Å²) in [5.41, 5.74) is 1.95. The van der Waals surface area contributed by atoms with Crippen LogP contribution in [0.15, 0.2) is 42.5 Å². The van der Waals surface area contributed by atoms with Gasteiger partial charge in [0.25, 0.3) is 11.8 Å². The van der Waals surface area contributed by atoms with E-state index in [1.807, 2.05) is 32.0 Å². The summed E-state index contributed by atoms with van der Waals surface area (Å²) >= 11 is 4.22. The quantitative estimate of drug-likeness (QED) is 0.280. The molecule has 2 atom stereocenters. The number of rotatable bonds is 8. The number of hydrogen-bond donors (Lipinski definition) is 3. The summed E-state index contributed by atoms with van der Waals surface area (Å²) in [6.07, 6.45) is 4.99. The van der Waals surface area contributed by atoms with Gasteiger partial charge in [-0.2, -0.15) is 12.6 Å². The average molecular weight is 512 g/mol. The second-order valence-corrected chi connectivity index (χ2v) is 9.56. The topological polar surface area (TPSA) is 97.0 Å². The largest absolute Gasteiger partial charge is 0.497 e. The van der Waals surface area contributed by atoms with Gasteiger partial charge in [0.15, 0.2) is 0 Å². The van der Waals surface area contributed by atoms with Crippen molar-refractivity contribution in [2.24, 2.45) is 0 Å². The third kappa shape index (κ3) is 7.68. The number of amides is 3. The molecule has 0 fully saturated rings. The van der Waals surface area contributed by atoms with Crippen molar-refractivity contribution in [3.8, 4) is 18.2 Å². The molecule has 2 aromatic carbocycles. The van der Waals surface area contributed by atoms with Crippen molar-refractivity contribution in [1.82, 2.24) is 10.2 Å². The Bertz CT molecular complexity index is 1140. The summed E-state index contributed by atoms with van der Waals surface area (Å²) in [7, 11) is 1.55. The normalized spacial score (nSPS) is 12.5. The van der Waals surface area contributed by atoms with E-state index >= 15 is 0 Å². The molecule has 36 heavy (non-hydrogen) atoms. The second-order valence-electron chi connectivity index (χ2n) is 9.20. The highest BCUT2D eigenvalue weighted by Gasteiger charge is 2.36. The summed E-state index contributed by atoms with van der Waals surface area (Å²) in [5, 5.41) is 5.32. The highest BCUT2D eigenvalue weighted by atomic mass is 32.1.